The van der Waals surface area contributed by atoms with E-state index < -0.39 is 24.4 Å². The molecular weight excluding hydrogens is 577 g/mol. The van der Waals surface area contributed by atoms with Crippen LogP contribution < -0.4 is 0 Å². The molecule has 0 radical (unpaired) electrons. The van der Waals surface area contributed by atoms with Gasteiger partial charge in [-0.2, -0.15) is 13.2 Å². The minimum Gasteiger partial charge on any atom is -0.421 e. The summed E-state index contributed by atoms with van der Waals surface area (Å²) in [6, 6.07) is 22.7. The Morgan fingerprint density at radius 1 is 0.667 bits per heavy atom. The molecule has 3 rings (SSSR count). The average molecular weight is 625 g/mol. The van der Waals surface area contributed by atoms with E-state index in [-0.39, 0.29) is 18.4 Å². The van der Waals surface area contributed by atoms with E-state index in [1.54, 1.807) is 12.1 Å². The Bertz CT molecular complexity index is 1300. The number of carbonyl (C=O) groups excluding carboxylic acids is 2. The second-order valence-corrected chi connectivity index (χ2v) is 11.7. The Hall–Kier alpha value is -3.61. The number of esters is 1. The van der Waals surface area contributed by atoms with E-state index in [0.29, 0.717) is 6.42 Å². The summed E-state index contributed by atoms with van der Waals surface area (Å²) in [6.07, 6.45) is 4.63. The van der Waals surface area contributed by atoms with Gasteiger partial charge in [-0.05, 0) is 65.6 Å². The SMILES string of the molecule is CCCCCCCCCCc1ccc(-c2ccc(C(=O)OC(=O)OC(CCCCCC)C(F)(F)F)cc2-c2ccccc2)cc1. The Balaban J connectivity index is 1.68. The van der Waals surface area contributed by atoms with Crippen molar-refractivity contribution in [2.24, 2.45) is 0 Å². The van der Waals surface area contributed by atoms with E-state index in [0.717, 1.165) is 47.9 Å². The van der Waals surface area contributed by atoms with Gasteiger partial charge < -0.3 is 9.47 Å². The maximum absolute atomic E-state index is 13.4. The van der Waals surface area contributed by atoms with Gasteiger partial charge in [0, 0.05) is 0 Å². The molecule has 0 aromatic heterocycles. The zero-order valence-corrected chi connectivity index (χ0v) is 26.7. The average Bonchev–Trinajstić information content (AvgIpc) is 3.03. The van der Waals surface area contributed by atoms with Gasteiger partial charge in [0.2, 0.25) is 6.10 Å². The highest BCUT2D eigenvalue weighted by Gasteiger charge is 2.43. The third-order valence-electron chi connectivity index (χ3n) is 8.02. The molecule has 0 fully saturated rings. The Kier molecular flexibility index (Phi) is 15.2. The van der Waals surface area contributed by atoms with Gasteiger partial charge in [-0.3, -0.25) is 0 Å². The van der Waals surface area contributed by atoms with Gasteiger partial charge >= 0.3 is 18.3 Å². The lowest BCUT2D eigenvalue weighted by Crippen LogP contribution is -2.34. The summed E-state index contributed by atoms with van der Waals surface area (Å²) in [6.45, 7) is 4.18. The van der Waals surface area contributed by atoms with Crippen molar-refractivity contribution in [3.8, 4) is 22.3 Å². The summed E-state index contributed by atoms with van der Waals surface area (Å²) >= 11 is 0. The molecule has 45 heavy (non-hydrogen) atoms. The van der Waals surface area contributed by atoms with Crippen LogP contribution in [-0.4, -0.2) is 24.4 Å². The normalized spacial score (nSPS) is 12.1. The fourth-order valence-corrected chi connectivity index (χ4v) is 5.41. The van der Waals surface area contributed by atoms with Crippen LogP contribution >= 0.6 is 0 Å². The molecule has 0 aliphatic heterocycles. The first-order valence-electron chi connectivity index (χ1n) is 16.5. The molecule has 0 saturated carbocycles. The Labute approximate surface area is 266 Å². The summed E-state index contributed by atoms with van der Waals surface area (Å²) in [5.74, 6) is -1.07. The van der Waals surface area contributed by atoms with Gasteiger partial charge in [0.1, 0.15) is 0 Å². The molecule has 0 amide bonds. The van der Waals surface area contributed by atoms with Crippen molar-refractivity contribution in [1.82, 2.24) is 0 Å². The zero-order valence-electron chi connectivity index (χ0n) is 26.7. The van der Waals surface area contributed by atoms with Gasteiger partial charge in [-0.1, -0.05) is 139 Å². The molecule has 3 aromatic carbocycles. The van der Waals surface area contributed by atoms with Crippen LogP contribution in [0.5, 0.6) is 0 Å². The lowest BCUT2D eigenvalue weighted by atomic mass is 9.92. The van der Waals surface area contributed by atoms with E-state index in [1.807, 2.05) is 37.3 Å². The first-order valence-corrected chi connectivity index (χ1v) is 16.5. The Morgan fingerprint density at radius 2 is 1.24 bits per heavy atom. The molecule has 0 bridgehead atoms. The fourth-order valence-electron chi connectivity index (χ4n) is 5.41. The number of hydrogen-bond donors (Lipinski definition) is 0. The van der Waals surface area contributed by atoms with Gasteiger partial charge in [-0.25, -0.2) is 9.59 Å². The second kappa shape index (κ2) is 19.0. The van der Waals surface area contributed by atoms with E-state index in [2.05, 4.69) is 35.9 Å². The van der Waals surface area contributed by atoms with Crippen LogP contribution in [0.2, 0.25) is 0 Å². The summed E-state index contributed by atoms with van der Waals surface area (Å²) in [4.78, 5) is 25.1. The van der Waals surface area contributed by atoms with Crippen LogP contribution in [-0.2, 0) is 15.9 Å². The van der Waals surface area contributed by atoms with Crippen molar-refractivity contribution in [2.45, 2.75) is 116 Å². The molecule has 1 unspecified atom stereocenters. The minimum atomic E-state index is -4.75. The number of rotatable bonds is 18. The summed E-state index contributed by atoms with van der Waals surface area (Å²) in [5, 5.41) is 0. The molecule has 0 aliphatic carbocycles. The van der Waals surface area contributed by atoms with Gasteiger partial charge in [0.15, 0.2) is 0 Å². The van der Waals surface area contributed by atoms with Crippen molar-refractivity contribution in [3.63, 3.8) is 0 Å². The number of alkyl halides is 3. The molecule has 1 atom stereocenters. The number of halogens is 3. The summed E-state index contributed by atoms with van der Waals surface area (Å²) in [7, 11) is 0. The van der Waals surface area contributed by atoms with Crippen molar-refractivity contribution in [1.29, 1.82) is 0 Å². The number of hydrogen-bond acceptors (Lipinski definition) is 4. The Morgan fingerprint density at radius 3 is 1.87 bits per heavy atom. The molecule has 4 nitrogen and oxygen atoms in total. The molecule has 244 valence electrons. The first kappa shape index (κ1) is 35.9. The van der Waals surface area contributed by atoms with Crippen molar-refractivity contribution >= 4 is 12.1 Å². The summed E-state index contributed by atoms with van der Waals surface area (Å²) in [5.41, 5.74) is 4.72. The molecule has 0 heterocycles. The number of benzene rings is 3. The van der Waals surface area contributed by atoms with E-state index in [9.17, 15) is 22.8 Å². The largest absolute Gasteiger partial charge is 0.517 e. The van der Waals surface area contributed by atoms with Crippen molar-refractivity contribution in [3.05, 3.63) is 83.9 Å². The standard InChI is InChI=1S/C38H47F3O4/c1-3-5-7-9-10-11-12-14-18-29-22-24-31(25-23-29)33-27-26-32(28-34(33)30-19-15-13-16-20-30)36(42)45-37(43)44-35(38(39,40)41)21-17-8-6-4-2/h13,15-16,19-20,22-28,35H,3-12,14,17-18,21H2,1-2H3. The lowest BCUT2D eigenvalue weighted by Gasteiger charge is -2.20. The summed E-state index contributed by atoms with van der Waals surface area (Å²) < 4.78 is 49.6. The highest BCUT2D eigenvalue weighted by atomic mass is 19.4. The van der Waals surface area contributed by atoms with E-state index in [1.165, 1.54) is 56.6 Å². The fraction of sp³-hybridized carbons (Fsp3) is 0.474. The van der Waals surface area contributed by atoms with Crippen LogP contribution in [0.4, 0.5) is 18.0 Å². The van der Waals surface area contributed by atoms with Gasteiger partial charge in [0.05, 0.1) is 5.56 Å². The minimum absolute atomic E-state index is 0.0346. The maximum atomic E-state index is 13.4. The number of carbonyl (C=O) groups is 2. The zero-order chi connectivity index (χ0) is 32.5. The lowest BCUT2D eigenvalue weighted by molar-refractivity contribution is -0.209. The van der Waals surface area contributed by atoms with Crippen LogP contribution in [0.1, 0.15) is 113 Å². The quantitative estimate of drug-likeness (QED) is 0.0803. The maximum Gasteiger partial charge on any atom is 0.517 e. The highest BCUT2D eigenvalue weighted by Crippen LogP contribution is 2.34. The van der Waals surface area contributed by atoms with Crippen LogP contribution in [0.3, 0.4) is 0 Å². The van der Waals surface area contributed by atoms with E-state index >= 15 is 0 Å². The topological polar surface area (TPSA) is 52.6 Å². The molecule has 0 aliphatic rings. The second-order valence-electron chi connectivity index (χ2n) is 11.7. The molecule has 3 aromatic rings. The van der Waals surface area contributed by atoms with Gasteiger partial charge in [-0.15, -0.1) is 0 Å². The third-order valence-corrected chi connectivity index (χ3v) is 8.02. The molecule has 0 spiro atoms. The van der Waals surface area contributed by atoms with Crippen LogP contribution in [0.25, 0.3) is 22.3 Å². The number of aryl methyl sites for hydroxylation is 1. The smallest absolute Gasteiger partial charge is 0.421 e. The van der Waals surface area contributed by atoms with Crippen molar-refractivity contribution in [2.75, 3.05) is 0 Å². The predicted octanol–water partition coefficient (Wildman–Crippen LogP) is 11.9. The number of ether oxygens (including phenoxy) is 2. The molecule has 0 N–H and O–H groups in total. The molecule has 7 heteroatoms. The molecule has 0 saturated heterocycles. The van der Waals surface area contributed by atoms with Gasteiger partial charge in [0.25, 0.3) is 0 Å². The van der Waals surface area contributed by atoms with Crippen LogP contribution in [0.15, 0.2) is 72.8 Å². The first-order chi connectivity index (χ1) is 21.7. The van der Waals surface area contributed by atoms with E-state index in [4.69, 9.17) is 4.74 Å². The predicted molar refractivity (Wildman–Crippen MR) is 174 cm³/mol. The monoisotopic (exact) mass is 624 g/mol. The highest BCUT2D eigenvalue weighted by molar-refractivity contribution is 5.98. The van der Waals surface area contributed by atoms with Crippen LogP contribution in [0, 0.1) is 0 Å². The number of unbranched alkanes of at least 4 members (excludes halogenated alkanes) is 10. The molecular formula is C38H47F3O4. The third kappa shape index (κ3) is 12.4. The van der Waals surface area contributed by atoms with Crippen molar-refractivity contribution < 1.29 is 32.2 Å².